The number of benzene rings is 3. The van der Waals surface area contributed by atoms with Crippen LogP contribution in [-0.2, 0) is 11.2 Å². The van der Waals surface area contributed by atoms with Gasteiger partial charge in [-0.25, -0.2) is 0 Å². The molecule has 1 aliphatic rings. The number of rotatable bonds is 4. The number of ether oxygens (including phenoxy) is 1. The number of H-pyrrole nitrogens is 1. The number of nitrogens with one attached hydrogen (secondary N) is 2. The lowest BCUT2D eigenvalue weighted by molar-refractivity contribution is -0.121. The third kappa shape index (κ3) is 3.26. The Balaban J connectivity index is 1.36. The first kappa shape index (κ1) is 17.8. The number of carbonyl (C=O) groups excluding carboxylic acids is 1. The van der Waals surface area contributed by atoms with E-state index in [1.807, 2.05) is 72.9 Å². The maximum atomic E-state index is 13.2. The molecular formula is C24H19ClN2O2. The number of fused-ring (bicyclic) bond motifs is 3. The summed E-state index contributed by atoms with van der Waals surface area (Å²) in [5.41, 5.74) is 3.96. The van der Waals surface area contributed by atoms with E-state index in [0.29, 0.717) is 11.6 Å². The SMILES string of the molecule is O=C(NCCc1c[nH]c2ccc(Cl)cc12)C1c2ccccc2Oc2ccccc21. The minimum atomic E-state index is -0.381. The van der Waals surface area contributed by atoms with Crippen LogP contribution in [0.25, 0.3) is 10.9 Å². The molecule has 2 N–H and O–H groups in total. The van der Waals surface area contributed by atoms with Crippen LogP contribution in [0.4, 0.5) is 0 Å². The van der Waals surface area contributed by atoms with E-state index in [-0.39, 0.29) is 11.8 Å². The lowest BCUT2D eigenvalue weighted by Crippen LogP contribution is -2.33. The molecule has 5 heteroatoms. The van der Waals surface area contributed by atoms with Crippen LogP contribution in [-0.4, -0.2) is 17.4 Å². The van der Waals surface area contributed by atoms with Gasteiger partial charge in [-0.15, -0.1) is 0 Å². The molecule has 4 aromatic rings. The first-order valence-corrected chi connectivity index (χ1v) is 9.97. The van der Waals surface area contributed by atoms with Crippen molar-refractivity contribution < 1.29 is 9.53 Å². The van der Waals surface area contributed by atoms with Gasteiger partial charge in [0.05, 0.1) is 5.92 Å². The fraction of sp³-hybridized carbons (Fsp3) is 0.125. The number of hydrogen-bond acceptors (Lipinski definition) is 2. The van der Waals surface area contributed by atoms with Crippen LogP contribution < -0.4 is 10.1 Å². The van der Waals surface area contributed by atoms with Crippen molar-refractivity contribution >= 4 is 28.4 Å². The highest BCUT2D eigenvalue weighted by Crippen LogP contribution is 2.43. The molecule has 1 aliphatic heterocycles. The molecule has 0 radical (unpaired) electrons. The zero-order valence-electron chi connectivity index (χ0n) is 15.6. The van der Waals surface area contributed by atoms with Gasteiger partial charge in [0.1, 0.15) is 11.5 Å². The predicted molar refractivity (Wildman–Crippen MR) is 115 cm³/mol. The Labute approximate surface area is 173 Å². The summed E-state index contributed by atoms with van der Waals surface area (Å²) in [6.07, 6.45) is 2.70. The van der Waals surface area contributed by atoms with Gasteiger partial charge in [-0.3, -0.25) is 4.79 Å². The van der Waals surface area contributed by atoms with Crippen LogP contribution in [0, 0.1) is 0 Å². The largest absolute Gasteiger partial charge is 0.457 e. The zero-order valence-corrected chi connectivity index (χ0v) is 16.4. The van der Waals surface area contributed by atoms with Gasteiger partial charge in [0.15, 0.2) is 0 Å². The molecule has 0 saturated carbocycles. The Morgan fingerprint density at radius 1 is 1.00 bits per heavy atom. The van der Waals surface area contributed by atoms with E-state index in [2.05, 4.69) is 10.3 Å². The molecule has 0 atom stereocenters. The molecule has 0 unspecified atom stereocenters. The third-order valence-electron chi connectivity index (χ3n) is 5.37. The third-order valence-corrected chi connectivity index (χ3v) is 5.60. The molecule has 0 spiro atoms. The van der Waals surface area contributed by atoms with Crippen molar-refractivity contribution in [3.8, 4) is 11.5 Å². The van der Waals surface area contributed by atoms with E-state index in [1.165, 1.54) is 0 Å². The fourth-order valence-corrected chi connectivity index (χ4v) is 4.14. The van der Waals surface area contributed by atoms with Gasteiger partial charge in [0.2, 0.25) is 5.91 Å². The van der Waals surface area contributed by atoms with Crippen molar-refractivity contribution in [3.05, 3.63) is 94.6 Å². The number of para-hydroxylation sites is 2. The number of aromatic amines is 1. The molecule has 0 aliphatic carbocycles. The maximum absolute atomic E-state index is 13.2. The average molecular weight is 403 g/mol. The Morgan fingerprint density at radius 3 is 2.41 bits per heavy atom. The molecule has 1 aromatic heterocycles. The number of carbonyl (C=O) groups is 1. The van der Waals surface area contributed by atoms with E-state index in [1.54, 1.807) is 0 Å². The molecule has 0 fully saturated rings. The summed E-state index contributed by atoms with van der Waals surface area (Å²) in [6.45, 7) is 0.542. The van der Waals surface area contributed by atoms with Crippen molar-refractivity contribution in [2.75, 3.05) is 6.54 Å². The Kier molecular flexibility index (Phi) is 4.49. The zero-order chi connectivity index (χ0) is 19.8. The van der Waals surface area contributed by atoms with Crippen molar-refractivity contribution in [2.24, 2.45) is 0 Å². The molecule has 144 valence electrons. The van der Waals surface area contributed by atoms with E-state index >= 15 is 0 Å². The van der Waals surface area contributed by atoms with Crippen LogP contribution in [0.5, 0.6) is 11.5 Å². The predicted octanol–water partition coefficient (Wildman–Crippen LogP) is 5.42. The second-order valence-electron chi connectivity index (χ2n) is 7.16. The van der Waals surface area contributed by atoms with Crippen molar-refractivity contribution in [1.29, 1.82) is 0 Å². The summed E-state index contributed by atoms with van der Waals surface area (Å²) < 4.78 is 5.98. The van der Waals surface area contributed by atoms with Gasteiger partial charge in [0, 0.05) is 39.8 Å². The van der Waals surface area contributed by atoms with E-state index in [9.17, 15) is 4.79 Å². The standard InChI is InChI=1S/C24H19ClN2O2/c25-16-9-10-20-19(13-16)15(14-27-20)11-12-26-24(28)23-17-5-1-3-7-21(17)29-22-8-4-2-6-18(22)23/h1-10,13-14,23,27H,11-12H2,(H,26,28). The summed E-state index contributed by atoms with van der Waals surface area (Å²) in [5.74, 6) is 1.06. The van der Waals surface area contributed by atoms with Gasteiger partial charge in [-0.1, -0.05) is 48.0 Å². The second kappa shape index (κ2) is 7.30. The smallest absolute Gasteiger partial charge is 0.232 e. The molecule has 5 rings (SSSR count). The van der Waals surface area contributed by atoms with Gasteiger partial charge in [0.25, 0.3) is 0 Å². The van der Waals surface area contributed by atoms with Crippen molar-refractivity contribution in [1.82, 2.24) is 10.3 Å². The highest BCUT2D eigenvalue weighted by molar-refractivity contribution is 6.31. The quantitative estimate of drug-likeness (QED) is 0.479. The number of amides is 1. The molecule has 1 amide bonds. The summed E-state index contributed by atoms with van der Waals surface area (Å²) in [7, 11) is 0. The Hall–Kier alpha value is -3.24. The van der Waals surface area contributed by atoms with Gasteiger partial charge >= 0.3 is 0 Å². The monoisotopic (exact) mass is 402 g/mol. The lowest BCUT2D eigenvalue weighted by Gasteiger charge is -2.27. The van der Waals surface area contributed by atoms with Crippen LogP contribution >= 0.6 is 11.6 Å². The van der Waals surface area contributed by atoms with Crippen LogP contribution in [0.1, 0.15) is 22.6 Å². The maximum Gasteiger partial charge on any atom is 0.232 e. The van der Waals surface area contributed by atoms with Crippen LogP contribution in [0.3, 0.4) is 0 Å². The molecule has 3 aromatic carbocycles. The number of aromatic nitrogens is 1. The van der Waals surface area contributed by atoms with Gasteiger partial charge < -0.3 is 15.0 Å². The molecule has 2 heterocycles. The summed E-state index contributed by atoms with van der Waals surface area (Å²) in [6, 6.07) is 21.2. The lowest BCUT2D eigenvalue weighted by atomic mass is 9.87. The van der Waals surface area contributed by atoms with Crippen LogP contribution in [0.2, 0.25) is 5.02 Å². The van der Waals surface area contributed by atoms with E-state index < -0.39 is 0 Å². The number of hydrogen-bond donors (Lipinski definition) is 2. The molecule has 4 nitrogen and oxygen atoms in total. The van der Waals surface area contributed by atoms with Gasteiger partial charge in [-0.2, -0.15) is 0 Å². The normalized spacial score (nSPS) is 12.9. The first-order chi connectivity index (χ1) is 14.2. The summed E-state index contributed by atoms with van der Waals surface area (Å²) >= 11 is 6.13. The van der Waals surface area contributed by atoms with Gasteiger partial charge in [-0.05, 0) is 42.3 Å². The second-order valence-corrected chi connectivity index (χ2v) is 7.59. The highest BCUT2D eigenvalue weighted by atomic mass is 35.5. The fourth-order valence-electron chi connectivity index (χ4n) is 3.97. The topological polar surface area (TPSA) is 54.1 Å². The highest BCUT2D eigenvalue weighted by Gasteiger charge is 2.32. The average Bonchev–Trinajstić information content (AvgIpc) is 3.14. The first-order valence-electron chi connectivity index (χ1n) is 9.59. The molecule has 29 heavy (non-hydrogen) atoms. The minimum absolute atomic E-state index is 0.0222. The molecule has 0 bridgehead atoms. The van der Waals surface area contributed by atoms with Crippen LogP contribution in [0.15, 0.2) is 72.9 Å². The van der Waals surface area contributed by atoms with E-state index in [0.717, 1.165) is 45.5 Å². The Bertz CT molecular complexity index is 1170. The Morgan fingerprint density at radius 2 is 1.69 bits per heavy atom. The molecule has 0 saturated heterocycles. The summed E-state index contributed by atoms with van der Waals surface area (Å²) in [4.78, 5) is 16.4. The van der Waals surface area contributed by atoms with Crippen molar-refractivity contribution in [2.45, 2.75) is 12.3 Å². The molecular weight excluding hydrogens is 384 g/mol. The summed E-state index contributed by atoms with van der Waals surface area (Å²) in [5, 5.41) is 4.91. The van der Waals surface area contributed by atoms with E-state index in [4.69, 9.17) is 16.3 Å². The van der Waals surface area contributed by atoms with Crippen molar-refractivity contribution in [3.63, 3.8) is 0 Å². The minimum Gasteiger partial charge on any atom is -0.457 e. The number of halogens is 1.